The van der Waals surface area contributed by atoms with E-state index in [1.807, 2.05) is 30.3 Å². The summed E-state index contributed by atoms with van der Waals surface area (Å²) in [5, 5.41) is 10.7. The number of carbonyl (C=O) groups is 1. The predicted octanol–water partition coefficient (Wildman–Crippen LogP) is 6.12. The molecule has 0 aliphatic heterocycles. The average Bonchev–Trinajstić information content (AvgIpc) is 2.76. The number of hydrogen-bond donors (Lipinski definition) is 0. The minimum Gasteiger partial charge on any atom is -0.497 e. The highest BCUT2D eigenvalue weighted by atomic mass is 16.6. The molecule has 2 aromatic carbocycles. The summed E-state index contributed by atoms with van der Waals surface area (Å²) < 4.78 is 10.4. The number of rotatable bonds is 11. The largest absolute Gasteiger partial charge is 0.497 e. The van der Waals surface area contributed by atoms with Crippen LogP contribution in [-0.4, -0.2) is 18.0 Å². The van der Waals surface area contributed by atoms with Crippen molar-refractivity contribution in [3.05, 3.63) is 82.4 Å². The number of esters is 1. The van der Waals surface area contributed by atoms with E-state index in [1.54, 1.807) is 13.2 Å². The van der Waals surface area contributed by atoms with Gasteiger partial charge in [-0.1, -0.05) is 50.5 Å². The molecule has 0 radical (unpaired) electrons. The molecule has 0 amide bonds. The first-order chi connectivity index (χ1) is 14.5. The van der Waals surface area contributed by atoms with Crippen molar-refractivity contribution in [1.29, 1.82) is 0 Å². The molecule has 0 aliphatic carbocycles. The van der Waals surface area contributed by atoms with Crippen molar-refractivity contribution in [1.82, 2.24) is 0 Å². The van der Waals surface area contributed by atoms with E-state index in [1.165, 1.54) is 43.2 Å². The smallest absolute Gasteiger partial charge is 0.336 e. The maximum Gasteiger partial charge on any atom is 0.336 e. The Labute approximate surface area is 177 Å². The molecule has 6 nitrogen and oxygen atoms in total. The lowest BCUT2D eigenvalue weighted by Gasteiger charge is -2.08. The zero-order chi connectivity index (χ0) is 21.8. The van der Waals surface area contributed by atoms with Crippen LogP contribution in [0.4, 0.5) is 5.69 Å². The van der Waals surface area contributed by atoms with Gasteiger partial charge in [0.15, 0.2) is 0 Å². The highest BCUT2D eigenvalue weighted by Gasteiger charge is 2.06. The minimum absolute atomic E-state index is 0.0551. The molecule has 0 atom stereocenters. The fourth-order valence-electron chi connectivity index (χ4n) is 2.90. The van der Waals surface area contributed by atoms with Crippen LogP contribution in [0.2, 0.25) is 0 Å². The topological polar surface area (TPSA) is 78.7 Å². The second-order valence-corrected chi connectivity index (χ2v) is 6.76. The van der Waals surface area contributed by atoms with Gasteiger partial charge in [0.05, 0.1) is 12.0 Å². The van der Waals surface area contributed by atoms with Gasteiger partial charge in [0.1, 0.15) is 11.5 Å². The number of nitro groups is 1. The van der Waals surface area contributed by atoms with Gasteiger partial charge in [-0.3, -0.25) is 10.1 Å². The molecule has 6 heteroatoms. The Morgan fingerprint density at radius 3 is 2.27 bits per heavy atom. The molecule has 0 saturated heterocycles. The van der Waals surface area contributed by atoms with Crippen LogP contribution in [0, 0.1) is 10.1 Å². The Bertz CT molecular complexity index is 883. The van der Waals surface area contributed by atoms with Crippen LogP contribution in [0.3, 0.4) is 0 Å². The quantitative estimate of drug-likeness (QED) is 0.0850. The summed E-state index contributed by atoms with van der Waals surface area (Å²) in [7, 11) is 1.63. The van der Waals surface area contributed by atoms with Crippen molar-refractivity contribution in [2.75, 3.05) is 7.11 Å². The van der Waals surface area contributed by atoms with Gasteiger partial charge in [0, 0.05) is 18.2 Å². The van der Waals surface area contributed by atoms with Crippen molar-refractivity contribution in [3.63, 3.8) is 0 Å². The average molecular weight is 409 g/mol. The van der Waals surface area contributed by atoms with Crippen LogP contribution in [0.5, 0.6) is 11.5 Å². The van der Waals surface area contributed by atoms with E-state index in [4.69, 9.17) is 9.47 Å². The lowest BCUT2D eigenvalue weighted by molar-refractivity contribution is -0.384. The summed E-state index contributed by atoms with van der Waals surface area (Å²) in [6, 6.07) is 13.2. The third-order valence-corrected chi connectivity index (χ3v) is 4.56. The van der Waals surface area contributed by atoms with E-state index in [0.29, 0.717) is 0 Å². The SMILES string of the molecule is CCCCCC/C(=C\C=C\C(=O)Oc1ccc([N+](=O)[O-])cc1)c1ccc(OC)cc1. The summed E-state index contributed by atoms with van der Waals surface area (Å²) in [4.78, 5) is 22.2. The molecule has 2 aromatic rings. The monoisotopic (exact) mass is 409 g/mol. The van der Waals surface area contributed by atoms with Gasteiger partial charge in [0.25, 0.3) is 5.69 Å². The van der Waals surface area contributed by atoms with Crippen LogP contribution >= 0.6 is 0 Å². The summed E-state index contributed by atoms with van der Waals surface area (Å²) >= 11 is 0. The maximum absolute atomic E-state index is 12.0. The molecule has 0 unspecified atom stereocenters. The van der Waals surface area contributed by atoms with Gasteiger partial charge in [-0.15, -0.1) is 0 Å². The van der Waals surface area contributed by atoms with Crippen molar-refractivity contribution in [2.45, 2.75) is 39.0 Å². The first-order valence-electron chi connectivity index (χ1n) is 10.0. The zero-order valence-electron chi connectivity index (χ0n) is 17.4. The number of nitro benzene ring substituents is 1. The predicted molar refractivity (Wildman–Crippen MR) is 118 cm³/mol. The Morgan fingerprint density at radius 1 is 1.00 bits per heavy atom. The molecule has 0 bridgehead atoms. The Balaban J connectivity index is 2.04. The third kappa shape index (κ3) is 7.54. The van der Waals surface area contributed by atoms with Crippen molar-refractivity contribution >= 4 is 17.2 Å². The minimum atomic E-state index is -0.542. The van der Waals surface area contributed by atoms with E-state index >= 15 is 0 Å². The number of nitrogens with zero attached hydrogens (tertiary/aromatic N) is 1. The van der Waals surface area contributed by atoms with Gasteiger partial charge in [-0.05, 0) is 48.2 Å². The highest BCUT2D eigenvalue weighted by Crippen LogP contribution is 2.24. The van der Waals surface area contributed by atoms with Crippen LogP contribution < -0.4 is 9.47 Å². The fraction of sp³-hybridized carbons (Fsp3) is 0.292. The standard InChI is InChI=1S/C24H27NO5/c1-3-4-5-6-8-19(20-11-15-22(29-2)16-12-20)9-7-10-24(26)30-23-17-13-21(14-18-23)25(27)28/h7,9-18H,3-6,8H2,1-2H3/b10-7+,19-9+. The van der Waals surface area contributed by atoms with E-state index in [2.05, 4.69) is 6.92 Å². The molecular formula is C24H27NO5. The van der Waals surface area contributed by atoms with Gasteiger partial charge in [-0.2, -0.15) is 0 Å². The van der Waals surface area contributed by atoms with E-state index in [0.717, 1.165) is 36.1 Å². The number of allylic oxidation sites excluding steroid dienone is 3. The van der Waals surface area contributed by atoms with Crippen LogP contribution in [-0.2, 0) is 4.79 Å². The number of ether oxygens (including phenoxy) is 2. The van der Waals surface area contributed by atoms with Gasteiger partial charge in [-0.25, -0.2) is 4.79 Å². The van der Waals surface area contributed by atoms with Crippen molar-refractivity contribution in [3.8, 4) is 11.5 Å². The van der Waals surface area contributed by atoms with Crippen LogP contribution in [0.25, 0.3) is 5.57 Å². The van der Waals surface area contributed by atoms with Gasteiger partial charge >= 0.3 is 5.97 Å². The molecule has 0 heterocycles. The Hall–Kier alpha value is -3.41. The molecular weight excluding hydrogens is 382 g/mol. The lowest BCUT2D eigenvalue weighted by atomic mass is 9.98. The molecule has 30 heavy (non-hydrogen) atoms. The maximum atomic E-state index is 12.0. The Morgan fingerprint density at radius 2 is 1.67 bits per heavy atom. The second kappa shape index (κ2) is 12.2. The van der Waals surface area contributed by atoms with E-state index in [9.17, 15) is 14.9 Å². The van der Waals surface area contributed by atoms with Gasteiger partial charge in [0.2, 0.25) is 0 Å². The number of benzene rings is 2. The molecule has 158 valence electrons. The molecule has 0 aliphatic rings. The van der Waals surface area contributed by atoms with Gasteiger partial charge < -0.3 is 9.47 Å². The molecule has 0 N–H and O–H groups in total. The molecule has 2 rings (SSSR count). The van der Waals surface area contributed by atoms with E-state index in [-0.39, 0.29) is 11.4 Å². The third-order valence-electron chi connectivity index (χ3n) is 4.56. The summed E-state index contributed by atoms with van der Waals surface area (Å²) in [5.41, 5.74) is 2.16. The van der Waals surface area contributed by atoms with E-state index < -0.39 is 10.9 Å². The second-order valence-electron chi connectivity index (χ2n) is 6.76. The normalized spacial score (nSPS) is 11.5. The molecule has 0 spiro atoms. The van der Waals surface area contributed by atoms with Crippen molar-refractivity contribution in [2.24, 2.45) is 0 Å². The number of hydrogen-bond acceptors (Lipinski definition) is 5. The first-order valence-corrected chi connectivity index (χ1v) is 10.0. The zero-order valence-corrected chi connectivity index (χ0v) is 17.4. The molecule has 0 aromatic heterocycles. The summed E-state index contributed by atoms with van der Waals surface area (Å²) in [5.74, 6) is 0.514. The number of non-ortho nitro benzene ring substituents is 1. The summed E-state index contributed by atoms with van der Waals surface area (Å²) in [6.45, 7) is 2.18. The number of unbranched alkanes of at least 4 members (excludes halogenated alkanes) is 3. The molecule has 0 fully saturated rings. The molecule has 0 saturated carbocycles. The lowest BCUT2D eigenvalue weighted by Crippen LogP contribution is -2.03. The van der Waals surface area contributed by atoms with Crippen LogP contribution in [0.15, 0.2) is 66.8 Å². The first kappa shape index (κ1) is 22.9. The highest BCUT2D eigenvalue weighted by molar-refractivity contribution is 5.85. The number of carbonyl (C=O) groups excluding carboxylic acids is 1. The van der Waals surface area contributed by atoms with Crippen LogP contribution in [0.1, 0.15) is 44.6 Å². The van der Waals surface area contributed by atoms with Crippen molar-refractivity contribution < 1.29 is 19.2 Å². The summed E-state index contributed by atoms with van der Waals surface area (Å²) in [6.07, 6.45) is 10.5. The number of methoxy groups -OCH3 is 1. The Kier molecular flexibility index (Phi) is 9.31. The fourth-order valence-corrected chi connectivity index (χ4v) is 2.90.